The van der Waals surface area contributed by atoms with E-state index in [0.717, 1.165) is 30.5 Å². The zero-order valence-corrected chi connectivity index (χ0v) is 12.1. The van der Waals surface area contributed by atoms with E-state index in [1.54, 1.807) is 0 Å². The van der Waals surface area contributed by atoms with Gasteiger partial charge in [0.1, 0.15) is 0 Å². The van der Waals surface area contributed by atoms with Gasteiger partial charge in [0.2, 0.25) is 0 Å². The molecule has 1 unspecified atom stereocenters. The smallest absolute Gasteiger partial charge is 0.0996 e. The van der Waals surface area contributed by atoms with E-state index in [1.807, 2.05) is 7.05 Å². The fourth-order valence-electron chi connectivity index (χ4n) is 2.44. The molecule has 4 heteroatoms. The monoisotopic (exact) mass is 250 g/mol. The minimum atomic E-state index is 0.519. The van der Waals surface area contributed by atoms with Crippen LogP contribution >= 0.6 is 0 Å². The van der Waals surface area contributed by atoms with Crippen LogP contribution < -0.4 is 5.32 Å². The molecular formula is C14H26N4. The van der Waals surface area contributed by atoms with E-state index < -0.39 is 0 Å². The lowest BCUT2D eigenvalue weighted by molar-refractivity contribution is 0.409. The molecule has 1 heterocycles. The van der Waals surface area contributed by atoms with E-state index in [1.165, 1.54) is 25.0 Å². The Morgan fingerprint density at radius 3 is 2.61 bits per heavy atom. The first kappa shape index (κ1) is 13.5. The average Bonchev–Trinajstić information content (AvgIpc) is 3.09. The molecule has 102 valence electrons. The molecule has 0 amide bonds. The predicted octanol–water partition coefficient (Wildman–Crippen LogP) is 2.56. The minimum Gasteiger partial charge on any atom is -0.314 e. The molecule has 1 aromatic heterocycles. The number of hydrogen-bond acceptors (Lipinski definition) is 3. The third-order valence-electron chi connectivity index (χ3n) is 3.86. The maximum Gasteiger partial charge on any atom is 0.0996 e. The first-order valence-electron chi connectivity index (χ1n) is 7.21. The van der Waals surface area contributed by atoms with Crippen molar-refractivity contribution in [3.63, 3.8) is 0 Å². The van der Waals surface area contributed by atoms with Gasteiger partial charge in [-0.05, 0) is 51.5 Å². The van der Waals surface area contributed by atoms with E-state index in [0.29, 0.717) is 6.04 Å². The second-order valence-electron chi connectivity index (χ2n) is 5.97. The van der Waals surface area contributed by atoms with Gasteiger partial charge in [-0.15, -0.1) is 5.10 Å². The van der Waals surface area contributed by atoms with Gasteiger partial charge in [-0.1, -0.05) is 19.1 Å². The third-order valence-corrected chi connectivity index (χ3v) is 3.86. The van der Waals surface area contributed by atoms with Crippen molar-refractivity contribution >= 4 is 0 Å². The summed E-state index contributed by atoms with van der Waals surface area (Å²) in [4.78, 5) is 0. The molecule has 0 saturated heterocycles. The van der Waals surface area contributed by atoms with Gasteiger partial charge < -0.3 is 5.32 Å². The molecule has 1 N–H and O–H groups in total. The molecule has 1 fully saturated rings. The van der Waals surface area contributed by atoms with Crippen LogP contribution in [0.1, 0.15) is 57.5 Å². The molecule has 1 aliphatic carbocycles. The summed E-state index contributed by atoms with van der Waals surface area (Å²) in [5.74, 6) is 1.55. The normalized spacial score (nSPS) is 17.4. The lowest BCUT2D eigenvalue weighted by atomic mass is 10.0. The van der Waals surface area contributed by atoms with Crippen LogP contribution in [0.4, 0.5) is 0 Å². The molecule has 1 aliphatic rings. The zero-order chi connectivity index (χ0) is 13.1. The molecule has 0 aromatic carbocycles. The van der Waals surface area contributed by atoms with Gasteiger partial charge in [-0.3, -0.25) is 0 Å². The molecule has 0 bridgehead atoms. The van der Waals surface area contributed by atoms with Gasteiger partial charge in [-0.2, -0.15) is 0 Å². The predicted molar refractivity (Wildman–Crippen MR) is 73.4 cm³/mol. The highest BCUT2D eigenvalue weighted by atomic mass is 15.4. The topological polar surface area (TPSA) is 42.7 Å². The van der Waals surface area contributed by atoms with Crippen LogP contribution in [0.3, 0.4) is 0 Å². The largest absolute Gasteiger partial charge is 0.314 e. The SMILES string of the molecule is CNCc1nnn(C(C)C2CC2)c1CCC(C)C. The maximum absolute atomic E-state index is 4.40. The number of hydrogen-bond donors (Lipinski definition) is 1. The number of aromatic nitrogens is 3. The molecular weight excluding hydrogens is 224 g/mol. The molecule has 1 aromatic rings. The molecule has 0 aliphatic heterocycles. The second-order valence-corrected chi connectivity index (χ2v) is 5.97. The summed E-state index contributed by atoms with van der Waals surface area (Å²) in [5, 5.41) is 12.0. The molecule has 1 atom stereocenters. The summed E-state index contributed by atoms with van der Waals surface area (Å²) in [6, 6.07) is 0.519. The molecule has 0 radical (unpaired) electrons. The van der Waals surface area contributed by atoms with Gasteiger partial charge in [0.25, 0.3) is 0 Å². The van der Waals surface area contributed by atoms with E-state index in [2.05, 4.69) is 41.1 Å². The molecule has 0 spiro atoms. The Balaban J connectivity index is 2.16. The lowest BCUT2D eigenvalue weighted by Crippen LogP contribution is -2.15. The Morgan fingerprint density at radius 1 is 1.33 bits per heavy atom. The van der Waals surface area contributed by atoms with Gasteiger partial charge in [0.05, 0.1) is 17.4 Å². The van der Waals surface area contributed by atoms with Crippen LogP contribution in [0.15, 0.2) is 0 Å². The van der Waals surface area contributed by atoms with Crippen molar-refractivity contribution in [1.29, 1.82) is 0 Å². The van der Waals surface area contributed by atoms with E-state index in [-0.39, 0.29) is 0 Å². The molecule has 4 nitrogen and oxygen atoms in total. The van der Waals surface area contributed by atoms with Crippen molar-refractivity contribution < 1.29 is 0 Å². The lowest BCUT2D eigenvalue weighted by Gasteiger charge is -2.15. The van der Waals surface area contributed by atoms with Crippen LogP contribution in [0.5, 0.6) is 0 Å². The van der Waals surface area contributed by atoms with Crippen molar-refractivity contribution in [2.45, 2.75) is 59.0 Å². The van der Waals surface area contributed by atoms with Crippen molar-refractivity contribution in [3.8, 4) is 0 Å². The summed E-state index contributed by atoms with van der Waals surface area (Å²) in [5.41, 5.74) is 2.48. The van der Waals surface area contributed by atoms with E-state index in [9.17, 15) is 0 Å². The van der Waals surface area contributed by atoms with Gasteiger partial charge in [0.15, 0.2) is 0 Å². The van der Waals surface area contributed by atoms with Gasteiger partial charge in [-0.25, -0.2) is 4.68 Å². The quantitative estimate of drug-likeness (QED) is 0.808. The Kier molecular flexibility index (Phi) is 4.38. The van der Waals surface area contributed by atoms with Crippen LogP contribution in [-0.2, 0) is 13.0 Å². The Labute approximate surface area is 110 Å². The maximum atomic E-state index is 4.40. The Hall–Kier alpha value is -0.900. The summed E-state index contributed by atoms with van der Waals surface area (Å²) in [6.07, 6.45) is 5.01. The highest BCUT2D eigenvalue weighted by Crippen LogP contribution is 2.39. The number of nitrogens with zero attached hydrogens (tertiary/aromatic N) is 3. The van der Waals surface area contributed by atoms with Gasteiger partial charge in [0, 0.05) is 6.54 Å². The number of rotatable bonds is 7. The van der Waals surface area contributed by atoms with Crippen LogP contribution in [-0.4, -0.2) is 22.0 Å². The van der Waals surface area contributed by atoms with Crippen molar-refractivity contribution in [2.75, 3.05) is 7.05 Å². The first-order chi connectivity index (χ1) is 8.63. The van der Waals surface area contributed by atoms with Crippen molar-refractivity contribution in [2.24, 2.45) is 11.8 Å². The standard InChI is InChI=1S/C14H26N4/c1-10(2)5-8-14-13(9-15-4)16-17-18(14)11(3)12-6-7-12/h10-12,15H,5-9H2,1-4H3. The summed E-state index contributed by atoms with van der Waals surface area (Å²) in [7, 11) is 1.97. The Bertz CT molecular complexity index is 379. The fourth-order valence-corrected chi connectivity index (χ4v) is 2.44. The minimum absolute atomic E-state index is 0.519. The van der Waals surface area contributed by atoms with Gasteiger partial charge >= 0.3 is 0 Å². The Morgan fingerprint density at radius 2 is 2.06 bits per heavy atom. The fraction of sp³-hybridized carbons (Fsp3) is 0.857. The summed E-state index contributed by atoms with van der Waals surface area (Å²) >= 11 is 0. The van der Waals surface area contributed by atoms with Crippen LogP contribution in [0, 0.1) is 11.8 Å². The van der Waals surface area contributed by atoms with Crippen LogP contribution in [0.2, 0.25) is 0 Å². The highest BCUT2D eigenvalue weighted by Gasteiger charge is 2.31. The van der Waals surface area contributed by atoms with E-state index >= 15 is 0 Å². The van der Waals surface area contributed by atoms with E-state index in [4.69, 9.17) is 0 Å². The average molecular weight is 250 g/mol. The summed E-state index contributed by atoms with van der Waals surface area (Å²) < 4.78 is 2.19. The van der Waals surface area contributed by atoms with Crippen molar-refractivity contribution in [1.82, 2.24) is 20.3 Å². The van der Waals surface area contributed by atoms with Crippen LogP contribution in [0.25, 0.3) is 0 Å². The molecule has 2 rings (SSSR count). The number of nitrogens with one attached hydrogen (secondary N) is 1. The first-order valence-corrected chi connectivity index (χ1v) is 7.21. The molecule has 1 saturated carbocycles. The second kappa shape index (κ2) is 5.83. The summed E-state index contributed by atoms with van der Waals surface area (Å²) in [6.45, 7) is 7.66. The third kappa shape index (κ3) is 3.10. The molecule has 18 heavy (non-hydrogen) atoms. The van der Waals surface area contributed by atoms with Crippen molar-refractivity contribution in [3.05, 3.63) is 11.4 Å². The zero-order valence-electron chi connectivity index (χ0n) is 12.1. The highest BCUT2D eigenvalue weighted by molar-refractivity contribution is 5.12.